The van der Waals surface area contributed by atoms with Crippen LogP contribution in [0.25, 0.3) is 5.76 Å². The Morgan fingerprint density at radius 1 is 1.44 bits per heavy atom. The van der Waals surface area contributed by atoms with E-state index in [4.69, 9.17) is 18.6 Å². The van der Waals surface area contributed by atoms with Gasteiger partial charge in [0.2, 0.25) is 6.29 Å². The van der Waals surface area contributed by atoms with E-state index in [1.165, 1.54) is 12.5 Å². The summed E-state index contributed by atoms with van der Waals surface area (Å²) in [6.45, 7) is 4.51. The van der Waals surface area contributed by atoms with Crippen LogP contribution in [0.2, 0.25) is 0 Å². The van der Waals surface area contributed by atoms with Crippen molar-refractivity contribution in [3.63, 3.8) is 0 Å². The number of carbonyl (C=O) groups excluding carboxylic acids is 1. The van der Waals surface area contributed by atoms with Crippen molar-refractivity contribution in [3.8, 4) is 0 Å². The third kappa shape index (κ3) is 2.56. The second-order valence-corrected chi connectivity index (χ2v) is 3.75. The monoisotopic (exact) mass is 252 g/mol. The van der Waals surface area contributed by atoms with Gasteiger partial charge in [-0.2, -0.15) is 0 Å². The molecule has 18 heavy (non-hydrogen) atoms. The van der Waals surface area contributed by atoms with Crippen molar-refractivity contribution in [2.75, 3.05) is 13.2 Å². The standard InChI is InChI=1S/C13H16O5/c1-3-16-11-7-10(13(14)17-4-2)12(18-11)9-5-6-15-8-9/h5-6,8,11H,3-4,7H2,1-2H3. The molecule has 1 aromatic rings. The maximum absolute atomic E-state index is 11.9. The smallest absolute Gasteiger partial charge is 0.338 e. The molecule has 1 unspecified atom stereocenters. The minimum atomic E-state index is -0.431. The first-order valence-electron chi connectivity index (χ1n) is 5.97. The van der Waals surface area contributed by atoms with Gasteiger partial charge in [-0.1, -0.05) is 0 Å². The summed E-state index contributed by atoms with van der Waals surface area (Å²) >= 11 is 0. The van der Waals surface area contributed by atoms with Gasteiger partial charge < -0.3 is 18.6 Å². The molecule has 2 rings (SSSR count). The molecular weight excluding hydrogens is 236 g/mol. The Bertz CT molecular complexity index is 432. The molecule has 0 aliphatic carbocycles. The van der Waals surface area contributed by atoms with Crippen molar-refractivity contribution in [3.05, 3.63) is 29.7 Å². The lowest BCUT2D eigenvalue weighted by atomic mass is 10.1. The highest BCUT2D eigenvalue weighted by atomic mass is 16.7. The lowest BCUT2D eigenvalue weighted by molar-refractivity contribution is -0.139. The van der Waals surface area contributed by atoms with Gasteiger partial charge in [-0.3, -0.25) is 0 Å². The maximum atomic E-state index is 11.9. The van der Waals surface area contributed by atoms with Crippen LogP contribution in [0.4, 0.5) is 0 Å². The second kappa shape index (κ2) is 5.73. The third-order valence-corrected chi connectivity index (χ3v) is 2.55. The number of hydrogen-bond acceptors (Lipinski definition) is 5. The molecule has 0 radical (unpaired) electrons. The summed E-state index contributed by atoms with van der Waals surface area (Å²) < 4.78 is 21.0. The fourth-order valence-corrected chi connectivity index (χ4v) is 1.81. The van der Waals surface area contributed by atoms with Gasteiger partial charge >= 0.3 is 5.97 Å². The van der Waals surface area contributed by atoms with E-state index < -0.39 is 6.29 Å². The number of rotatable bonds is 5. The highest BCUT2D eigenvalue weighted by Gasteiger charge is 2.32. The normalized spacial score (nSPS) is 18.9. The average molecular weight is 252 g/mol. The molecule has 2 heterocycles. The Balaban J connectivity index is 2.22. The molecule has 0 N–H and O–H groups in total. The summed E-state index contributed by atoms with van der Waals surface area (Å²) in [5, 5.41) is 0. The highest BCUT2D eigenvalue weighted by molar-refractivity contribution is 5.97. The minimum Gasteiger partial charge on any atom is -0.472 e. The fraction of sp³-hybridized carbons (Fsp3) is 0.462. The summed E-state index contributed by atoms with van der Waals surface area (Å²) in [5.74, 6) is 0.122. The van der Waals surface area contributed by atoms with Crippen molar-refractivity contribution in [1.29, 1.82) is 0 Å². The van der Waals surface area contributed by atoms with Crippen LogP contribution in [0.1, 0.15) is 25.8 Å². The van der Waals surface area contributed by atoms with Crippen LogP contribution in [-0.2, 0) is 19.0 Å². The van der Waals surface area contributed by atoms with E-state index in [1.807, 2.05) is 6.92 Å². The molecule has 0 fully saturated rings. The zero-order valence-electron chi connectivity index (χ0n) is 10.5. The van der Waals surface area contributed by atoms with Crippen LogP contribution < -0.4 is 0 Å². The minimum absolute atomic E-state index is 0.334. The first-order valence-corrected chi connectivity index (χ1v) is 5.97. The highest BCUT2D eigenvalue weighted by Crippen LogP contribution is 2.33. The van der Waals surface area contributed by atoms with Gasteiger partial charge in [0, 0.05) is 13.0 Å². The molecule has 1 aliphatic rings. The number of esters is 1. The lowest BCUT2D eigenvalue weighted by Gasteiger charge is -2.11. The zero-order chi connectivity index (χ0) is 13.0. The lowest BCUT2D eigenvalue weighted by Crippen LogP contribution is -2.13. The van der Waals surface area contributed by atoms with Gasteiger partial charge in [-0.05, 0) is 19.9 Å². The van der Waals surface area contributed by atoms with Crippen LogP contribution in [0, 0.1) is 0 Å². The predicted octanol–water partition coefficient (Wildman–Crippen LogP) is 2.34. The molecule has 1 aliphatic heterocycles. The van der Waals surface area contributed by atoms with Crippen molar-refractivity contribution in [1.82, 2.24) is 0 Å². The zero-order valence-corrected chi connectivity index (χ0v) is 10.5. The summed E-state index contributed by atoms with van der Waals surface area (Å²) in [4.78, 5) is 11.9. The molecule has 1 aromatic heterocycles. The van der Waals surface area contributed by atoms with Crippen LogP contribution in [-0.4, -0.2) is 25.5 Å². The number of carbonyl (C=O) groups is 1. The fourth-order valence-electron chi connectivity index (χ4n) is 1.81. The van der Waals surface area contributed by atoms with Crippen molar-refractivity contribution in [2.45, 2.75) is 26.6 Å². The van der Waals surface area contributed by atoms with E-state index in [0.29, 0.717) is 31.0 Å². The second-order valence-electron chi connectivity index (χ2n) is 3.75. The van der Waals surface area contributed by atoms with Crippen molar-refractivity contribution < 1.29 is 23.4 Å². The molecule has 0 saturated heterocycles. The molecule has 98 valence electrons. The molecule has 0 bridgehead atoms. The molecule has 5 nitrogen and oxygen atoms in total. The number of ether oxygens (including phenoxy) is 3. The van der Waals surface area contributed by atoms with Crippen LogP contribution >= 0.6 is 0 Å². The summed E-state index contributed by atoms with van der Waals surface area (Å²) in [5.41, 5.74) is 1.22. The molecular formula is C13H16O5. The molecule has 0 spiro atoms. The summed E-state index contributed by atoms with van der Waals surface area (Å²) in [7, 11) is 0. The van der Waals surface area contributed by atoms with Gasteiger partial charge in [0.1, 0.15) is 12.0 Å². The van der Waals surface area contributed by atoms with Gasteiger partial charge in [-0.15, -0.1) is 0 Å². The molecule has 1 atom stereocenters. The van der Waals surface area contributed by atoms with Crippen molar-refractivity contribution >= 4 is 11.7 Å². The van der Waals surface area contributed by atoms with Crippen molar-refractivity contribution in [2.24, 2.45) is 0 Å². The quantitative estimate of drug-likeness (QED) is 0.753. The Kier molecular flexibility index (Phi) is 4.04. The van der Waals surface area contributed by atoms with Crippen LogP contribution in [0.5, 0.6) is 0 Å². The molecule has 5 heteroatoms. The van der Waals surface area contributed by atoms with E-state index in [0.717, 1.165) is 5.56 Å². The summed E-state index contributed by atoms with van der Waals surface area (Å²) in [6.07, 6.45) is 3.03. The predicted molar refractivity (Wildman–Crippen MR) is 63.4 cm³/mol. The third-order valence-electron chi connectivity index (χ3n) is 2.55. The van der Waals surface area contributed by atoms with E-state index in [9.17, 15) is 4.79 Å². The molecule has 0 amide bonds. The van der Waals surface area contributed by atoms with E-state index >= 15 is 0 Å². The molecule has 0 saturated carbocycles. The van der Waals surface area contributed by atoms with Crippen LogP contribution in [0.15, 0.2) is 28.6 Å². The first kappa shape index (κ1) is 12.7. The van der Waals surface area contributed by atoms with E-state index in [2.05, 4.69) is 0 Å². The van der Waals surface area contributed by atoms with Gasteiger partial charge in [0.25, 0.3) is 0 Å². The average Bonchev–Trinajstić information content (AvgIpc) is 2.97. The van der Waals surface area contributed by atoms with Gasteiger partial charge in [-0.25, -0.2) is 4.79 Å². The van der Waals surface area contributed by atoms with E-state index in [1.54, 1.807) is 13.0 Å². The Morgan fingerprint density at radius 2 is 2.28 bits per heavy atom. The van der Waals surface area contributed by atoms with E-state index in [-0.39, 0.29) is 5.97 Å². The maximum Gasteiger partial charge on any atom is 0.338 e. The van der Waals surface area contributed by atoms with Gasteiger partial charge in [0.15, 0.2) is 0 Å². The Labute approximate surface area is 105 Å². The summed E-state index contributed by atoms with van der Waals surface area (Å²) in [6, 6.07) is 1.74. The SMILES string of the molecule is CCOC(=O)C1=C(c2ccoc2)OC(OCC)C1. The Hall–Kier alpha value is -1.75. The number of hydrogen-bond donors (Lipinski definition) is 0. The number of furan rings is 1. The molecule has 0 aromatic carbocycles. The first-order chi connectivity index (χ1) is 8.76. The largest absolute Gasteiger partial charge is 0.472 e. The van der Waals surface area contributed by atoms with Gasteiger partial charge in [0.05, 0.1) is 24.0 Å². The Morgan fingerprint density at radius 3 is 2.89 bits per heavy atom. The van der Waals surface area contributed by atoms with Crippen LogP contribution in [0.3, 0.4) is 0 Å². The topological polar surface area (TPSA) is 57.9 Å².